The standard InChI is InChI=1S/C24H25ClN4O2/c1-17-12-14-29(15-13-17)23-11-10-21(27-28-23)18-6-8-19(9-7-18)26-24(30)16-31-22-5-3-2-4-20(22)25/h2-11,17H,12-16H2,1H3,(H,26,30). The predicted molar refractivity (Wildman–Crippen MR) is 124 cm³/mol. The molecule has 31 heavy (non-hydrogen) atoms. The highest BCUT2D eigenvalue weighted by molar-refractivity contribution is 6.32. The molecule has 0 aliphatic carbocycles. The number of nitrogens with zero attached hydrogens (tertiary/aromatic N) is 3. The number of hydrogen-bond donors (Lipinski definition) is 1. The molecule has 0 saturated carbocycles. The fourth-order valence-corrected chi connectivity index (χ4v) is 3.70. The van der Waals surface area contributed by atoms with Gasteiger partial charge in [-0.1, -0.05) is 42.8 Å². The van der Waals surface area contributed by atoms with Gasteiger partial charge in [0.15, 0.2) is 12.4 Å². The molecular weight excluding hydrogens is 412 g/mol. The largest absolute Gasteiger partial charge is 0.482 e. The van der Waals surface area contributed by atoms with Crippen molar-refractivity contribution in [2.75, 3.05) is 29.9 Å². The average molecular weight is 437 g/mol. The van der Waals surface area contributed by atoms with Crippen LogP contribution in [0.15, 0.2) is 60.7 Å². The topological polar surface area (TPSA) is 67.4 Å². The van der Waals surface area contributed by atoms with E-state index >= 15 is 0 Å². The summed E-state index contributed by atoms with van der Waals surface area (Å²) in [6, 6.07) is 18.6. The molecule has 1 aliphatic rings. The minimum atomic E-state index is -0.257. The first kappa shape index (κ1) is 21.1. The molecule has 3 aromatic rings. The number of piperidine rings is 1. The molecule has 2 heterocycles. The summed E-state index contributed by atoms with van der Waals surface area (Å²) >= 11 is 6.03. The van der Waals surface area contributed by atoms with E-state index in [1.165, 1.54) is 12.8 Å². The highest BCUT2D eigenvalue weighted by Crippen LogP contribution is 2.25. The molecule has 6 nitrogen and oxygen atoms in total. The summed E-state index contributed by atoms with van der Waals surface area (Å²) in [5.74, 6) is 1.94. The van der Waals surface area contributed by atoms with Crippen molar-refractivity contribution in [3.8, 4) is 17.0 Å². The molecule has 1 fully saturated rings. The maximum Gasteiger partial charge on any atom is 0.262 e. The summed E-state index contributed by atoms with van der Waals surface area (Å²) in [5, 5.41) is 12.1. The van der Waals surface area contributed by atoms with Crippen molar-refractivity contribution >= 4 is 29.0 Å². The molecule has 1 N–H and O–H groups in total. The van der Waals surface area contributed by atoms with E-state index in [1.807, 2.05) is 42.5 Å². The van der Waals surface area contributed by atoms with E-state index < -0.39 is 0 Å². The second kappa shape index (κ2) is 9.79. The minimum Gasteiger partial charge on any atom is -0.482 e. The van der Waals surface area contributed by atoms with Crippen molar-refractivity contribution in [1.29, 1.82) is 0 Å². The van der Waals surface area contributed by atoms with Gasteiger partial charge in [-0.3, -0.25) is 4.79 Å². The molecule has 1 aliphatic heterocycles. The minimum absolute atomic E-state index is 0.117. The van der Waals surface area contributed by atoms with Crippen LogP contribution in [0, 0.1) is 5.92 Å². The van der Waals surface area contributed by atoms with E-state index in [-0.39, 0.29) is 12.5 Å². The van der Waals surface area contributed by atoms with Crippen LogP contribution in [-0.2, 0) is 4.79 Å². The molecule has 4 rings (SSSR count). The van der Waals surface area contributed by atoms with Gasteiger partial charge in [0.05, 0.1) is 10.7 Å². The Morgan fingerprint density at radius 2 is 1.81 bits per heavy atom. The van der Waals surface area contributed by atoms with Gasteiger partial charge in [0.1, 0.15) is 5.75 Å². The first-order chi connectivity index (χ1) is 15.1. The second-order valence-corrected chi connectivity index (χ2v) is 8.20. The summed E-state index contributed by atoms with van der Waals surface area (Å²) in [4.78, 5) is 14.4. The lowest BCUT2D eigenvalue weighted by atomic mass is 9.99. The Kier molecular flexibility index (Phi) is 6.67. The van der Waals surface area contributed by atoms with Gasteiger partial charge in [-0.2, -0.15) is 0 Å². The molecule has 0 spiro atoms. The quantitative estimate of drug-likeness (QED) is 0.585. The number of hydrogen-bond acceptors (Lipinski definition) is 5. The number of ether oxygens (including phenoxy) is 1. The summed E-state index contributed by atoms with van der Waals surface area (Å²) in [5.41, 5.74) is 2.43. The molecule has 1 saturated heterocycles. The number of para-hydroxylation sites is 1. The normalized spacial score (nSPS) is 14.3. The molecule has 0 bridgehead atoms. The number of benzene rings is 2. The van der Waals surface area contributed by atoms with Crippen LogP contribution in [0.25, 0.3) is 11.3 Å². The van der Waals surface area contributed by atoms with Crippen LogP contribution in [0.5, 0.6) is 5.75 Å². The second-order valence-electron chi connectivity index (χ2n) is 7.79. The van der Waals surface area contributed by atoms with E-state index in [2.05, 4.69) is 27.3 Å². The van der Waals surface area contributed by atoms with E-state index in [1.54, 1.807) is 18.2 Å². The van der Waals surface area contributed by atoms with Crippen LogP contribution in [0.3, 0.4) is 0 Å². The molecule has 0 atom stereocenters. The van der Waals surface area contributed by atoms with Gasteiger partial charge in [0, 0.05) is 24.3 Å². The zero-order valence-corrected chi connectivity index (χ0v) is 18.2. The summed E-state index contributed by atoms with van der Waals surface area (Å²) in [7, 11) is 0. The Labute approximate surface area is 187 Å². The van der Waals surface area contributed by atoms with Crippen LogP contribution in [0.2, 0.25) is 5.02 Å². The Morgan fingerprint density at radius 3 is 2.48 bits per heavy atom. The van der Waals surface area contributed by atoms with Gasteiger partial charge in [0.25, 0.3) is 5.91 Å². The highest BCUT2D eigenvalue weighted by Gasteiger charge is 2.17. The number of rotatable bonds is 6. The van der Waals surface area contributed by atoms with Crippen molar-refractivity contribution in [3.05, 3.63) is 65.7 Å². The number of carbonyl (C=O) groups excluding carboxylic acids is 1. The van der Waals surface area contributed by atoms with Gasteiger partial charge < -0.3 is 15.0 Å². The van der Waals surface area contributed by atoms with E-state index in [9.17, 15) is 4.79 Å². The molecular formula is C24H25ClN4O2. The Morgan fingerprint density at radius 1 is 1.06 bits per heavy atom. The van der Waals surface area contributed by atoms with Crippen molar-refractivity contribution in [2.45, 2.75) is 19.8 Å². The first-order valence-electron chi connectivity index (χ1n) is 10.4. The zero-order valence-electron chi connectivity index (χ0n) is 17.4. The average Bonchev–Trinajstić information content (AvgIpc) is 2.80. The fraction of sp³-hybridized carbons (Fsp3) is 0.292. The number of nitrogens with one attached hydrogen (secondary N) is 1. The number of halogens is 1. The third-order valence-corrected chi connectivity index (χ3v) is 5.73. The first-order valence-corrected chi connectivity index (χ1v) is 10.8. The lowest BCUT2D eigenvalue weighted by Crippen LogP contribution is -2.33. The lowest BCUT2D eigenvalue weighted by molar-refractivity contribution is -0.118. The summed E-state index contributed by atoms with van der Waals surface area (Å²) in [6.07, 6.45) is 2.39. The van der Waals surface area contributed by atoms with Crippen LogP contribution >= 0.6 is 11.6 Å². The van der Waals surface area contributed by atoms with Crippen LogP contribution in [0.4, 0.5) is 11.5 Å². The smallest absolute Gasteiger partial charge is 0.262 e. The number of amides is 1. The number of anilines is 2. The zero-order chi connectivity index (χ0) is 21.6. The number of aromatic nitrogens is 2. The Hall–Kier alpha value is -3.12. The Bertz CT molecular complexity index is 1020. The van der Waals surface area contributed by atoms with Gasteiger partial charge >= 0.3 is 0 Å². The molecule has 2 aromatic carbocycles. The molecule has 0 radical (unpaired) electrons. The maximum absolute atomic E-state index is 12.2. The van der Waals surface area contributed by atoms with Gasteiger partial charge in [-0.15, -0.1) is 10.2 Å². The summed E-state index contributed by atoms with van der Waals surface area (Å²) in [6.45, 7) is 4.24. The fourth-order valence-electron chi connectivity index (χ4n) is 3.51. The molecule has 1 aromatic heterocycles. The Balaban J connectivity index is 1.32. The van der Waals surface area contributed by atoms with Crippen molar-refractivity contribution < 1.29 is 9.53 Å². The van der Waals surface area contributed by atoms with Gasteiger partial charge in [-0.05, 0) is 55.2 Å². The lowest BCUT2D eigenvalue weighted by Gasteiger charge is -2.30. The SMILES string of the molecule is CC1CCN(c2ccc(-c3ccc(NC(=O)COc4ccccc4Cl)cc3)nn2)CC1. The monoisotopic (exact) mass is 436 g/mol. The van der Waals surface area contributed by atoms with Crippen molar-refractivity contribution in [3.63, 3.8) is 0 Å². The van der Waals surface area contributed by atoms with Crippen molar-refractivity contribution in [1.82, 2.24) is 10.2 Å². The van der Waals surface area contributed by atoms with E-state index in [4.69, 9.17) is 16.3 Å². The highest BCUT2D eigenvalue weighted by atomic mass is 35.5. The number of carbonyl (C=O) groups is 1. The maximum atomic E-state index is 12.2. The van der Waals surface area contributed by atoms with Gasteiger partial charge in [0.2, 0.25) is 0 Å². The van der Waals surface area contributed by atoms with Crippen LogP contribution in [0.1, 0.15) is 19.8 Å². The van der Waals surface area contributed by atoms with Crippen LogP contribution in [-0.4, -0.2) is 35.8 Å². The van der Waals surface area contributed by atoms with Crippen LogP contribution < -0.4 is 15.0 Å². The predicted octanol–water partition coefficient (Wildman–Crippen LogP) is 5.05. The molecule has 160 valence electrons. The third kappa shape index (κ3) is 5.52. The molecule has 7 heteroatoms. The summed E-state index contributed by atoms with van der Waals surface area (Å²) < 4.78 is 5.46. The molecule has 1 amide bonds. The third-order valence-electron chi connectivity index (χ3n) is 5.42. The van der Waals surface area contributed by atoms with E-state index in [0.717, 1.165) is 36.1 Å². The van der Waals surface area contributed by atoms with Gasteiger partial charge in [-0.25, -0.2) is 0 Å². The van der Waals surface area contributed by atoms with E-state index in [0.29, 0.717) is 16.5 Å². The van der Waals surface area contributed by atoms with Crippen molar-refractivity contribution in [2.24, 2.45) is 5.92 Å². The molecule has 0 unspecified atom stereocenters.